The number of hydrogen-bond donors (Lipinski definition) is 1. The van der Waals surface area contributed by atoms with Crippen LogP contribution in [-0.2, 0) is 4.79 Å². The molecule has 0 spiro atoms. The number of nitrogens with two attached hydrogens (primary N) is 1. The van der Waals surface area contributed by atoms with Crippen LogP contribution in [0.5, 0.6) is 0 Å². The van der Waals surface area contributed by atoms with Crippen LogP contribution >= 0.6 is 0 Å². The van der Waals surface area contributed by atoms with Crippen LogP contribution in [0, 0.1) is 5.82 Å². The molecule has 1 aliphatic rings. The van der Waals surface area contributed by atoms with Crippen molar-refractivity contribution in [3.05, 3.63) is 42.0 Å². The van der Waals surface area contributed by atoms with Gasteiger partial charge < -0.3 is 15.5 Å². The fourth-order valence-electron chi connectivity index (χ4n) is 3.43. The third-order valence-electron chi connectivity index (χ3n) is 4.59. The topological polar surface area (TPSA) is 75.4 Å². The first-order valence-electron chi connectivity index (χ1n) is 8.79. The first kappa shape index (κ1) is 18.3. The molecule has 1 aromatic heterocycles. The zero-order valence-electron chi connectivity index (χ0n) is 15.2. The molecule has 1 unspecified atom stereocenters. The number of benzene rings is 1. The number of carbonyl (C=O) groups is 1. The number of carbonyl (C=O) groups excluding carboxylic acids is 1. The summed E-state index contributed by atoms with van der Waals surface area (Å²) in [5.41, 5.74) is 7.46. The number of anilines is 1. The Balaban J connectivity index is 2.05. The number of likely N-dealkylation sites (N-methyl/N-ethyl adjacent to an activating group) is 1. The predicted octanol–water partition coefficient (Wildman–Crippen LogP) is 2.48. The molecule has 2 aromatic rings. The van der Waals surface area contributed by atoms with Crippen LogP contribution in [0.2, 0.25) is 0 Å². The molecule has 0 radical (unpaired) electrons. The highest BCUT2D eigenvalue weighted by molar-refractivity contribution is 5.79. The van der Waals surface area contributed by atoms with Gasteiger partial charge in [-0.05, 0) is 39.4 Å². The number of nitrogens with zero attached hydrogens (tertiary/aromatic N) is 4. The van der Waals surface area contributed by atoms with E-state index in [0.29, 0.717) is 29.9 Å². The molecule has 1 fully saturated rings. The van der Waals surface area contributed by atoms with Gasteiger partial charge in [0.25, 0.3) is 0 Å². The van der Waals surface area contributed by atoms with Crippen LogP contribution in [0.15, 0.2) is 30.5 Å². The van der Waals surface area contributed by atoms with E-state index < -0.39 is 0 Å². The minimum absolute atomic E-state index is 0.0383. The lowest BCUT2D eigenvalue weighted by Crippen LogP contribution is -2.43. The zero-order valence-corrected chi connectivity index (χ0v) is 15.2. The average molecular weight is 357 g/mol. The maximum Gasteiger partial charge on any atom is 0.237 e. The number of amides is 1. The molecule has 2 heterocycles. The highest BCUT2D eigenvalue weighted by Gasteiger charge is 2.31. The second-order valence-electron chi connectivity index (χ2n) is 6.84. The molecule has 1 aromatic carbocycles. The van der Waals surface area contributed by atoms with E-state index >= 15 is 0 Å². The van der Waals surface area contributed by atoms with Crippen molar-refractivity contribution in [1.29, 1.82) is 0 Å². The summed E-state index contributed by atoms with van der Waals surface area (Å²) in [5, 5.41) is 0. The predicted molar refractivity (Wildman–Crippen MR) is 98.7 cm³/mol. The molecule has 0 saturated carbocycles. The van der Waals surface area contributed by atoms with E-state index in [9.17, 15) is 9.18 Å². The standard InChI is InChI=1S/C19H24FN5O/c1-24(2)12-17(26)25-10-6-5-9-16(25)18-14(11-22-19(21)23-18)13-7-3-4-8-15(13)20/h3-4,7-8,11,16H,5-6,9-10,12H2,1-2H3,(H2,21,22,23). The van der Waals surface area contributed by atoms with Crippen LogP contribution in [0.25, 0.3) is 11.1 Å². The summed E-state index contributed by atoms with van der Waals surface area (Å²) in [6.45, 7) is 0.990. The summed E-state index contributed by atoms with van der Waals surface area (Å²) in [5.74, 6) is -0.175. The Morgan fingerprint density at radius 3 is 2.81 bits per heavy atom. The van der Waals surface area contributed by atoms with Crippen LogP contribution in [-0.4, -0.2) is 52.9 Å². The molecule has 0 bridgehead atoms. The molecular weight excluding hydrogens is 333 g/mol. The van der Waals surface area contributed by atoms with Crippen LogP contribution < -0.4 is 5.73 Å². The first-order chi connectivity index (χ1) is 12.5. The van der Waals surface area contributed by atoms with Crippen molar-refractivity contribution in [2.75, 3.05) is 32.9 Å². The van der Waals surface area contributed by atoms with E-state index in [1.807, 2.05) is 23.9 Å². The Morgan fingerprint density at radius 1 is 1.31 bits per heavy atom. The van der Waals surface area contributed by atoms with Gasteiger partial charge in [0, 0.05) is 23.9 Å². The molecule has 6 nitrogen and oxygen atoms in total. The maximum atomic E-state index is 14.4. The molecule has 0 aliphatic carbocycles. The summed E-state index contributed by atoms with van der Waals surface area (Å²) < 4.78 is 14.4. The van der Waals surface area contributed by atoms with Gasteiger partial charge in [-0.15, -0.1) is 0 Å². The number of likely N-dealkylation sites (tertiary alicyclic amines) is 1. The number of rotatable bonds is 4. The lowest BCUT2D eigenvalue weighted by molar-refractivity contribution is -0.135. The molecule has 1 amide bonds. The third-order valence-corrected chi connectivity index (χ3v) is 4.59. The van der Waals surface area contributed by atoms with E-state index in [1.165, 1.54) is 6.07 Å². The molecule has 2 N–H and O–H groups in total. The van der Waals surface area contributed by atoms with Gasteiger partial charge >= 0.3 is 0 Å². The average Bonchev–Trinajstić information content (AvgIpc) is 2.62. The second-order valence-corrected chi connectivity index (χ2v) is 6.84. The van der Waals surface area contributed by atoms with Gasteiger partial charge in [-0.25, -0.2) is 14.4 Å². The van der Waals surface area contributed by atoms with Crippen molar-refractivity contribution in [2.45, 2.75) is 25.3 Å². The maximum absolute atomic E-state index is 14.4. The summed E-state index contributed by atoms with van der Waals surface area (Å²) in [6.07, 6.45) is 4.26. The number of aromatic nitrogens is 2. The number of piperidine rings is 1. The summed E-state index contributed by atoms with van der Waals surface area (Å²) in [4.78, 5) is 24.9. The minimum Gasteiger partial charge on any atom is -0.368 e. The lowest BCUT2D eigenvalue weighted by atomic mass is 9.93. The largest absolute Gasteiger partial charge is 0.368 e. The molecule has 1 atom stereocenters. The lowest BCUT2D eigenvalue weighted by Gasteiger charge is -2.37. The fourth-order valence-corrected chi connectivity index (χ4v) is 3.43. The van der Waals surface area contributed by atoms with E-state index in [0.717, 1.165) is 19.3 Å². The van der Waals surface area contributed by atoms with Crippen molar-refractivity contribution in [2.24, 2.45) is 0 Å². The van der Waals surface area contributed by atoms with E-state index in [2.05, 4.69) is 9.97 Å². The quantitative estimate of drug-likeness (QED) is 0.910. The Labute approximate surface area is 152 Å². The SMILES string of the molecule is CN(C)CC(=O)N1CCCCC1c1nc(N)ncc1-c1ccccc1F. The smallest absolute Gasteiger partial charge is 0.237 e. The van der Waals surface area contributed by atoms with Crippen LogP contribution in [0.3, 0.4) is 0 Å². The van der Waals surface area contributed by atoms with Crippen molar-refractivity contribution < 1.29 is 9.18 Å². The Morgan fingerprint density at radius 2 is 2.08 bits per heavy atom. The Hall–Kier alpha value is -2.54. The summed E-state index contributed by atoms with van der Waals surface area (Å²) >= 11 is 0. The molecular formula is C19H24FN5O. The minimum atomic E-state index is -0.343. The highest BCUT2D eigenvalue weighted by atomic mass is 19.1. The highest BCUT2D eigenvalue weighted by Crippen LogP contribution is 2.36. The van der Waals surface area contributed by atoms with Crippen molar-refractivity contribution in [1.82, 2.24) is 19.8 Å². The van der Waals surface area contributed by atoms with Gasteiger partial charge in [-0.2, -0.15) is 0 Å². The summed E-state index contributed by atoms with van der Waals surface area (Å²) in [6, 6.07) is 6.29. The van der Waals surface area contributed by atoms with Gasteiger partial charge in [0.15, 0.2) is 0 Å². The van der Waals surface area contributed by atoms with E-state index in [-0.39, 0.29) is 23.7 Å². The molecule has 138 valence electrons. The number of nitrogen functional groups attached to an aromatic ring is 1. The van der Waals surface area contributed by atoms with Crippen LogP contribution in [0.1, 0.15) is 31.0 Å². The van der Waals surface area contributed by atoms with E-state index in [4.69, 9.17) is 5.73 Å². The van der Waals surface area contributed by atoms with Gasteiger partial charge in [0.05, 0.1) is 18.3 Å². The van der Waals surface area contributed by atoms with Crippen molar-refractivity contribution in [3.8, 4) is 11.1 Å². The first-order valence-corrected chi connectivity index (χ1v) is 8.79. The monoisotopic (exact) mass is 357 g/mol. The molecule has 7 heteroatoms. The zero-order chi connectivity index (χ0) is 18.7. The number of hydrogen-bond acceptors (Lipinski definition) is 5. The summed E-state index contributed by atoms with van der Waals surface area (Å²) in [7, 11) is 3.73. The molecule has 1 aliphatic heterocycles. The Bertz CT molecular complexity index is 795. The van der Waals surface area contributed by atoms with Crippen molar-refractivity contribution >= 4 is 11.9 Å². The van der Waals surface area contributed by atoms with Gasteiger partial charge in [-0.3, -0.25) is 4.79 Å². The number of halogens is 1. The van der Waals surface area contributed by atoms with Crippen molar-refractivity contribution in [3.63, 3.8) is 0 Å². The third kappa shape index (κ3) is 3.83. The van der Waals surface area contributed by atoms with E-state index in [1.54, 1.807) is 24.4 Å². The van der Waals surface area contributed by atoms with Gasteiger partial charge in [-0.1, -0.05) is 18.2 Å². The molecule has 1 saturated heterocycles. The van der Waals surface area contributed by atoms with Gasteiger partial charge in [0.1, 0.15) is 5.82 Å². The molecule has 26 heavy (non-hydrogen) atoms. The van der Waals surface area contributed by atoms with Crippen LogP contribution in [0.4, 0.5) is 10.3 Å². The fraction of sp³-hybridized carbons (Fsp3) is 0.421. The normalized spacial score (nSPS) is 17.5. The van der Waals surface area contributed by atoms with Gasteiger partial charge in [0.2, 0.25) is 11.9 Å². The Kier molecular flexibility index (Phi) is 5.46. The second kappa shape index (κ2) is 7.78. The molecule has 3 rings (SSSR count).